The summed E-state index contributed by atoms with van der Waals surface area (Å²) in [6.45, 7) is 7.22. The van der Waals surface area contributed by atoms with Gasteiger partial charge in [-0.3, -0.25) is 4.79 Å². The van der Waals surface area contributed by atoms with Crippen LogP contribution in [0.5, 0.6) is 0 Å². The molecule has 3 N–H and O–H groups in total. The Kier molecular flexibility index (Phi) is 8.06. The predicted molar refractivity (Wildman–Crippen MR) is 88.9 cm³/mol. The summed E-state index contributed by atoms with van der Waals surface area (Å²) in [7, 11) is 0. The first-order chi connectivity index (χ1) is 10.0. The number of nitrogens with one attached hydrogen (secondary N) is 1. The Morgan fingerprint density at radius 2 is 1.81 bits per heavy atom. The fourth-order valence-electron chi connectivity index (χ4n) is 2.51. The van der Waals surface area contributed by atoms with Crippen LogP contribution in [0.15, 0.2) is 30.3 Å². The van der Waals surface area contributed by atoms with Crippen molar-refractivity contribution in [2.45, 2.75) is 52.5 Å². The minimum atomic E-state index is 0.114. The molecule has 2 unspecified atom stereocenters. The SMILES string of the molecule is CC(C)CC(NC(=O)CCC(C)CCN)c1ccccc1. The maximum Gasteiger partial charge on any atom is 0.220 e. The van der Waals surface area contributed by atoms with Crippen LogP contribution in [0.25, 0.3) is 0 Å². The first-order valence-corrected chi connectivity index (χ1v) is 8.07. The molecule has 0 saturated carbocycles. The maximum absolute atomic E-state index is 12.2. The van der Waals surface area contributed by atoms with Crippen molar-refractivity contribution in [3.05, 3.63) is 35.9 Å². The molecule has 0 bridgehead atoms. The quantitative estimate of drug-likeness (QED) is 0.729. The van der Waals surface area contributed by atoms with Crippen LogP contribution < -0.4 is 11.1 Å². The van der Waals surface area contributed by atoms with Crippen molar-refractivity contribution < 1.29 is 4.79 Å². The molecule has 0 aliphatic rings. The van der Waals surface area contributed by atoms with E-state index in [1.54, 1.807) is 0 Å². The second kappa shape index (κ2) is 9.56. The first kappa shape index (κ1) is 17.7. The van der Waals surface area contributed by atoms with Gasteiger partial charge in [0, 0.05) is 6.42 Å². The van der Waals surface area contributed by atoms with Gasteiger partial charge in [-0.2, -0.15) is 0 Å². The smallest absolute Gasteiger partial charge is 0.220 e. The Morgan fingerprint density at radius 1 is 1.14 bits per heavy atom. The number of benzene rings is 1. The van der Waals surface area contributed by atoms with Crippen molar-refractivity contribution in [3.8, 4) is 0 Å². The lowest BCUT2D eigenvalue weighted by Crippen LogP contribution is -2.29. The molecule has 0 fully saturated rings. The van der Waals surface area contributed by atoms with E-state index in [0.29, 0.717) is 24.8 Å². The van der Waals surface area contributed by atoms with E-state index in [-0.39, 0.29) is 11.9 Å². The zero-order chi connectivity index (χ0) is 15.7. The highest BCUT2D eigenvalue weighted by Gasteiger charge is 2.16. The number of amides is 1. The molecule has 0 spiro atoms. The van der Waals surface area contributed by atoms with Gasteiger partial charge in [0.15, 0.2) is 0 Å². The number of nitrogens with two attached hydrogens (primary N) is 1. The summed E-state index contributed by atoms with van der Waals surface area (Å²) in [5.41, 5.74) is 6.74. The van der Waals surface area contributed by atoms with E-state index in [0.717, 1.165) is 19.3 Å². The van der Waals surface area contributed by atoms with Crippen LogP contribution >= 0.6 is 0 Å². The molecule has 0 aliphatic carbocycles. The minimum Gasteiger partial charge on any atom is -0.349 e. The van der Waals surface area contributed by atoms with Crippen LogP contribution in [-0.2, 0) is 4.79 Å². The number of carbonyl (C=O) groups excluding carboxylic acids is 1. The van der Waals surface area contributed by atoms with Gasteiger partial charge < -0.3 is 11.1 Å². The van der Waals surface area contributed by atoms with E-state index in [2.05, 4.69) is 38.2 Å². The second-order valence-electron chi connectivity index (χ2n) is 6.38. The Labute approximate surface area is 129 Å². The standard InChI is InChI=1S/C18H30N2O/c1-14(2)13-17(16-7-5-4-6-8-16)20-18(21)10-9-15(3)11-12-19/h4-8,14-15,17H,9-13,19H2,1-3H3,(H,20,21). The molecule has 0 aliphatic heterocycles. The van der Waals surface area contributed by atoms with Crippen LogP contribution in [-0.4, -0.2) is 12.5 Å². The van der Waals surface area contributed by atoms with Crippen molar-refractivity contribution in [1.82, 2.24) is 5.32 Å². The third-order valence-corrected chi connectivity index (χ3v) is 3.77. The lowest BCUT2D eigenvalue weighted by Gasteiger charge is -2.21. The largest absolute Gasteiger partial charge is 0.349 e. The van der Waals surface area contributed by atoms with E-state index in [1.165, 1.54) is 5.56 Å². The highest BCUT2D eigenvalue weighted by Crippen LogP contribution is 2.21. The normalized spacial score (nSPS) is 14.0. The highest BCUT2D eigenvalue weighted by atomic mass is 16.1. The van der Waals surface area contributed by atoms with Crippen LogP contribution in [0.4, 0.5) is 0 Å². The molecule has 2 atom stereocenters. The van der Waals surface area contributed by atoms with Crippen LogP contribution in [0.2, 0.25) is 0 Å². The van der Waals surface area contributed by atoms with E-state index < -0.39 is 0 Å². The van der Waals surface area contributed by atoms with Crippen molar-refractivity contribution in [3.63, 3.8) is 0 Å². The molecule has 0 radical (unpaired) electrons. The van der Waals surface area contributed by atoms with Gasteiger partial charge >= 0.3 is 0 Å². The molecule has 118 valence electrons. The van der Waals surface area contributed by atoms with E-state index in [9.17, 15) is 4.79 Å². The minimum absolute atomic E-state index is 0.114. The van der Waals surface area contributed by atoms with E-state index in [1.807, 2.05) is 18.2 Å². The van der Waals surface area contributed by atoms with Crippen molar-refractivity contribution in [1.29, 1.82) is 0 Å². The molecular weight excluding hydrogens is 260 g/mol. The van der Waals surface area contributed by atoms with Gasteiger partial charge in [-0.15, -0.1) is 0 Å². The molecule has 1 amide bonds. The molecule has 1 aromatic rings. The van der Waals surface area contributed by atoms with Gasteiger partial charge in [0.1, 0.15) is 0 Å². The number of hydrogen-bond acceptors (Lipinski definition) is 2. The molecule has 21 heavy (non-hydrogen) atoms. The van der Waals surface area contributed by atoms with E-state index >= 15 is 0 Å². The summed E-state index contributed by atoms with van der Waals surface area (Å²) < 4.78 is 0. The van der Waals surface area contributed by atoms with Crippen LogP contribution in [0.3, 0.4) is 0 Å². The Morgan fingerprint density at radius 3 is 2.38 bits per heavy atom. The molecule has 0 heterocycles. The molecule has 3 heteroatoms. The van der Waals surface area contributed by atoms with Gasteiger partial charge in [0.25, 0.3) is 0 Å². The zero-order valence-corrected chi connectivity index (χ0v) is 13.6. The fourth-order valence-corrected chi connectivity index (χ4v) is 2.51. The predicted octanol–water partition coefficient (Wildman–Crippen LogP) is 3.66. The highest BCUT2D eigenvalue weighted by molar-refractivity contribution is 5.76. The molecule has 0 aromatic heterocycles. The van der Waals surface area contributed by atoms with Crippen molar-refractivity contribution in [2.75, 3.05) is 6.54 Å². The Balaban J connectivity index is 2.54. The van der Waals surface area contributed by atoms with Crippen LogP contribution in [0, 0.1) is 11.8 Å². The first-order valence-electron chi connectivity index (χ1n) is 8.07. The second-order valence-corrected chi connectivity index (χ2v) is 6.38. The monoisotopic (exact) mass is 290 g/mol. The summed E-state index contributed by atoms with van der Waals surface area (Å²) >= 11 is 0. The summed E-state index contributed by atoms with van der Waals surface area (Å²) in [6, 6.07) is 10.3. The third-order valence-electron chi connectivity index (χ3n) is 3.77. The number of rotatable bonds is 9. The summed E-state index contributed by atoms with van der Waals surface area (Å²) in [5.74, 6) is 1.21. The maximum atomic E-state index is 12.2. The average Bonchev–Trinajstić information content (AvgIpc) is 2.45. The number of hydrogen-bond donors (Lipinski definition) is 2. The third kappa shape index (κ3) is 7.28. The van der Waals surface area contributed by atoms with Gasteiger partial charge in [-0.05, 0) is 43.2 Å². The fraction of sp³-hybridized carbons (Fsp3) is 0.611. The Bertz CT molecular complexity index is 403. The summed E-state index contributed by atoms with van der Waals surface area (Å²) in [5, 5.41) is 3.19. The lowest BCUT2D eigenvalue weighted by atomic mass is 9.96. The van der Waals surface area contributed by atoms with Crippen molar-refractivity contribution >= 4 is 5.91 Å². The zero-order valence-electron chi connectivity index (χ0n) is 13.6. The van der Waals surface area contributed by atoms with Gasteiger partial charge in [0.05, 0.1) is 6.04 Å². The molecular formula is C18H30N2O. The Hall–Kier alpha value is -1.35. The number of carbonyl (C=O) groups is 1. The topological polar surface area (TPSA) is 55.1 Å². The van der Waals surface area contributed by atoms with Gasteiger partial charge in [-0.25, -0.2) is 0 Å². The lowest BCUT2D eigenvalue weighted by molar-refractivity contribution is -0.122. The average molecular weight is 290 g/mol. The van der Waals surface area contributed by atoms with Crippen LogP contribution in [0.1, 0.15) is 58.1 Å². The van der Waals surface area contributed by atoms with Crippen molar-refractivity contribution in [2.24, 2.45) is 17.6 Å². The van der Waals surface area contributed by atoms with Gasteiger partial charge in [0.2, 0.25) is 5.91 Å². The van der Waals surface area contributed by atoms with E-state index in [4.69, 9.17) is 5.73 Å². The molecule has 1 aromatic carbocycles. The summed E-state index contributed by atoms with van der Waals surface area (Å²) in [6.07, 6.45) is 3.45. The summed E-state index contributed by atoms with van der Waals surface area (Å²) in [4.78, 5) is 12.2. The van der Waals surface area contributed by atoms with Gasteiger partial charge in [-0.1, -0.05) is 51.1 Å². The molecule has 1 rings (SSSR count). The molecule has 3 nitrogen and oxygen atoms in total. The molecule has 0 saturated heterocycles.